The van der Waals surface area contributed by atoms with Gasteiger partial charge in [0.1, 0.15) is 0 Å². The largest absolute Gasteiger partial charge is 0.469 e. The Morgan fingerprint density at radius 3 is 2.50 bits per heavy atom. The van der Waals surface area contributed by atoms with E-state index in [1.54, 1.807) is 4.22 Å². The number of nitrogens with zero attached hydrogens (tertiary/aromatic N) is 2. The van der Waals surface area contributed by atoms with Gasteiger partial charge in [0, 0.05) is 44.6 Å². The van der Waals surface area contributed by atoms with Crippen molar-refractivity contribution in [1.82, 2.24) is 10.2 Å². The van der Waals surface area contributed by atoms with Gasteiger partial charge in [-0.1, -0.05) is 6.07 Å². The lowest BCUT2D eigenvalue weighted by atomic mass is 9.95. The number of methoxy groups -OCH3 is 1. The summed E-state index contributed by atoms with van der Waals surface area (Å²) in [4.78, 5) is 30.3. The van der Waals surface area contributed by atoms with Crippen molar-refractivity contribution in [3.63, 3.8) is 0 Å². The molecule has 5 rings (SSSR count). The van der Waals surface area contributed by atoms with E-state index in [9.17, 15) is 31.2 Å². The molecule has 0 spiro atoms. The van der Waals surface area contributed by atoms with Gasteiger partial charge < -0.3 is 19.7 Å². The number of benzene rings is 1. The summed E-state index contributed by atoms with van der Waals surface area (Å²) in [5.74, 6) is -0.486. The standard InChI is InChI=1S/C22H29F3N2O4S.C8H12INO2/c1-32(29,30)21(8-4-19(13-21)26-18-6-10-31-11-7-18)20(28)27-9-5-15-2-3-17(22(23,24)25)12-16(15)14-27;1-12-8(11)6-2-3-7(4-6)10-5-9/h2-3,12,18-19,26H,4-11,13-14H2,1H3;5-7H,2-4H2,1H3/t;6-,7?/m.0/s1. The average Bonchev–Trinajstić information content (AvgIpc) is 3.64. The van der Waals surface area contributed by atoms with Crippen LogP contribution in [0.5, 0.6) is 0 Å². The molecule has 2 heterocycles. The third-order valence-corrected chi connectivity index (χ3v) is 11.6. The quantitative estimate of drug-likeness (QED) is 0.259. The number of rotatable bonds is 6. The number of alkyl halides is 3. The number of hydrogen-bond donors (Lipinski definition) is 1. The Morgan fingerprint density at radius 1 is 1.14 bits per heavy atom. The summed E-state index contributed by atoms with van der Waals surface area (Å²) in [5.41, 5.74) is 0.434. The van der Waals surface area contributed by atoms with Crippen LogP contribution in [0.3, 0.4) is 0 Å². The number of sulfone groups is 1. The number of carbonyl (C=O) groups excluding carboxylic acids is 2. The molecule has 0 radical (unpaired) electrons. The third kappa shape index (κ3) is 8.32. The first kappa shape index (κ1) is 35.1. The molecule has 3 unspecified atom stereocenters. The van der Waals surface area contributed by atoms with Crippen molar-refractivity contribution in [2.24, 2.45) is 10.9 Å². The highest BCUT2D eigenvalue weighted by Gasteiger charge is 2.55. The summed E-state index contributed by atoms with van der Waals surface area (Å²) < 4.78 is 75.4. The third-order valence-electron chi connectivity index (χ3n) is 9.30. The van der Waals surface area contributed by atoms with E-state index in [0.717, 1.165) is 56.1 Å². The van der Waals surface area contributed by atoms with Crippen LogP contribution in [0.15, 0.2) is 23.2 Å². The molecule has 0 aromatic heterocycles. The molecule has 1 saturated heterocycles. The van der Waals surface area contributed by atoms with Crippen molar-refractivity contribution in [2.75, 3.05) is 33.1 Å². The first-order valence-corrected chi connectivity index (χ1v) is 18.1. The van der Waals surface area contributed by atoms with Crippen molar-refractivity contribution in [3.8, 4) is 0 Å². The fourth-order valence-corrected chi connectivity index (χ4v) is 8.68. The minimum atomic E-state index is -4.47. The smallest absolute Gasteiger partial charge is 0.416 e. The topological polar surface area (TPSA) is 114 Å². The maximum atomic E-state index is 13.6. The number of fused-ring (bicyclic) bond motifs is 1. The molecular formula is C30H41F3IN3O6S. The first-order chi connectivity index (χ1) is 20.8. The molecule has 4 atom stereocenters. The van der Waals surface area contributed by atoms with Gasteiger partial charge in [-0.15, -0.1) is 0 Å². The van der Waals surface area contributed by atoms with Crippen LogP contribution >= 0.6 is 22.6 Å². The molecule has 1 aromatic carbocycles. The second-order valence-electron chi connectivity index (χ2n) is 12.2. The van der Waals surface area contributed by atoms with E-state index in [1.807, 2.05) is 0 Å². The van der Waals surface area contributed by atoms with Crippen LogP contribution < -0.4 is 5.32 Å². The van der Waals surface area contributed by atoms with Gasteiger partial charge in [-0.05, 0) is 104 Å². The molecule has 2 aliphatic heterocycles. The van der Waals surface area contributed by atoms with Crippen molar-refractivity contribution < 1.29 is 40.7 Å². The van der Waals surface area contributed by atoms with Crippen LogP contribution in [0.4, 0.5) is 13.2 Å². The second-order valence-corrected chi connectivity index (χ2v) is 15.0. The van der Waals surface area contributed by atoms with Crippen molar-refractivity contribution in [2.45, 2.75) is 93.4 Å². The van der Waals surface area contributed by atoms with E-state index in [2.05, 4.69) is 37.6 Å². The number of esters is 1. The molecule has 14 heteroatoms. The molecule has 1 amide bonds. The number of nitrogens with one attached hydrogen (secondary N) is 1. The van der Waals surface area contributed by atoms with Crippen molar-refractivity contribution in [3.05, 3.63) is 34.9 Å². The molecular weight excluding hydrogens is 714 g/mol. The summed E-state index contributed by atoms with van der Waals surface area (Å²) >= 11 is 2.10. The van der Waals surface area contributed by atoms with Crippen molar-refractivity contribution >= 4 is 48.5 Å². The highest BCUT2D eigenvalue weighted by molar-refractivity contribution is 14.1. The molecule has 0 bridgehead atoms. The highest BCUT2D eigenvalue weighted by atomic mass is 127. The predicted octanol–water partition coefficient (Wildman–Crippen LogP) is 4.49. The Morgan fingerprint density at radius 2 is 1.86 bits per heavy atom. The lowest BCUT2D eigenvalue weighted by Crippen LogP contribution is -2.54. The van der Waals surface area contributed by atoms with Gasteiger partial charge in [-0.2, -0.15) is 13.2 Å². The number of ether oxygens (including phenoxy) is 2. The van der Waals surface area contributed by atoms with Gasteiger partial charge in [0.2, 0.25) is 5.91 Å². The summed E-state index contributed by atoms with van der Waals surface area (Å²) in [5, 5.41) is 3.50. The van der Waals surface area contributed by atoms with Crippen LogP contribution in [0, 0.1) is 5.92 Å². The molecule has 9 nitrogen and oxygen atoms in total. The Balaban J connectivity index is 0.000000309. The van der Waals surface area contributed by atoms with Crippen LogP contribution in [0.25, 0.3) is 0 Å². The number of amides is 1. The molecule has 4 aliphatic rings. The van der Waals surface area contributed by atoms with E-state index < -0.39 is 32.2 Å². The summed E-state index contributed by atoms with van der Waals surface area (Å²) in [6, 6.07) is 4.07. The zero-order valence-electron chi connectivity index (χ0n) is 25.1. The second kappa shape index (κ2) is 14.8. The Labute approximate surface area is 270 Å². The molecule has 2 aliphatic carbocycles. The summed E-state index contributed by atoms with van der Waals surface area (Å²) in [7, 11) is -2.29. The lowest BCUT2D eigenvalue weighted by molar-refractivity contribution is -0.145. The van der Waals surface area contributed by atoms with E-state index in [-0.39, 0.29) is 43.4 Å². The fraction of sp³-hybridized carbons (Fsp3) is 0.700. The van der Waals surface area contributed by atoms with Gasteiger partial charge in [-0.25, -0.2) is 8.42 Å². The fourth-order valence-electron chi connectivity index (χ4n) is 6.79. The van der Waals surface area contributed by atoms with Gasteiger partial charge in [-0.3, -0.25) is 14.6 Å². The van der Waals surface area contributed by atoms with Gasteiger partial charge >= 0.3 is 12.1 Å². The van der Waals surface area contributed by atoms with Crippen LogP contribution in [0.1, 0.15) is 68.1 Å². The monoisotopic (exact) mass is 755 g/mol. The zero-order valence-corrected chi connectivity index (χ0v) is 28.0. The summed E-state index contributed by atoms with van der Waals surface area (Å²) in [6.45, 7) is 1.61. The normalized spacial score (nSPS) is 28.0. The molecule has 3 fully saturated rings. The SMILES string of the molecule is COC(=O)[C@H]1CCC(N=CI)C1.CS(=O)(=O)C1(C(=O)N2CCc3ccc(C(F)(F)F)cc3C2)CCC(NC2CCOCC2)C1. The molecule has 246 valence electrons. The van der Waals surface area contributed by atoms with Crippen LogP contribution in [-0.4, -0.2) is 85.4 Å². The van der Waals surface area contributed by atoms with E-state index in [4.69, 9.17) is 4.74 Å². The first-order valence-electron chi connectivity index (χ1n) is 15.0. The van der Waals surface area contributed by atoms with Crippen LogP contribution in [-0.2, 0) is 48.0 Å². The van der Waals surface area contributed by atoms with Gasteiger partial charge in [0.05, 0.1) is 28.9 Å². The highest BCUT2D eigenvalue weighted by Crippen LogP contribution is 2.40. The minimum absolute atomic E-state index is 0.00653. The number of carbonyl (C=O) groups is 2. The van der Waals surface area contributed by atoms with Gasteiger partial charge in [0.15, 0.2) is 14.6 Å². The number of halogens is 4. The maximum absolute atomic E-state index is 13.6. The molecule has 1 aromatic rings. The zero-order chi connectivity index (χ0) is 32.1. The Kier molecular flexibility index (Phi) is 11.8. The van der Waals surface area contributed by atoms with Gasteiger partial charge in [0.25, 0.3) is 0 Å². The average molecular weight is 756 g/mol. The molecule has 44 heavy (non-hydrogen) atoms. The van der Waals surface area contributed by atoms with Crippen LogP contribution in [0.2, 0.25) is 0 Å². The lowest BCUT2D eigenvalue weighted by Gasteiger charge is -2.36. The van der Waals surface area contributed by atoms with E-state index in [1.165, 1.54) is 18.1 Å². The van der Waals surface area contributed by atoms with Crippen molar-refractivity contribution in [1.29, 1.82) is 0 Å². The predicted molar refractivity (Wildman–Crippen MR) is 168 cm³/mol. The maximum Gasteiger partial charge on any atom is 0.416 e. The summed E-state index contributed by atoms with van der Waals surface area (Å²) in [6.07, 6.45) is 2.50. The number of hydrogen-bond acceptors (Lipinski definition) is 8. The number of aliphatic imine (C=N–C) groups is 1. The van der Waals surface area contributed by atoms with E-state index >= 15 is 0 Å². The molecule has 2 saturated carbocycles. The minimum Gasteiger partial charge on any atom is -0.469 e. The Hall–Kier alpha value is -1.78. The Bertz CT molecular complexity index is 1320. The van der Waals surface area contributed by atoms with E-state index in [0.29, 0.717) is 44.2 Å². The molecule has 1 N–H and O–H groups in total.